The van der Waals surface area contributed by atoms with Gasteiger partial charge in [0, 0.05) is 53.5 Å². The summed E-state index contributed by atoms with van der Waals surface area (Å²) in [4.78, 5) is 30.3. The Kier molecular flexibility index (Phi) is 7.04. The minimum Gasteiger partial charge on any atom is -0.465 e. The molecule has 7 rings (SSSR count). The van der Waals surface area contributed by atoms with Crippen molar-refractivity contribution in [2.24, 2.45) is 0 Å². The number of nitrogens with one attached hydrogen (secondary N) is 1. The van der Waals surface area contributed by atoms with Crippen molar-refractivity contribution in [1.29, 1.82) is 0 Å². The number of hydrogen-bond acceptors (Lipinski definition) is 8. The van der Waals surface area contributed by atoms with Crippen LogP contribution in [0.1, 0.15) is 33.7 Å². The van der Waals surface area contributed by atoms with E-state index in [4.69, 9.17) is 9.97 Å². The summed E-state index contributed by atoms with van der Waals surface area (Å²) < 4.78 is 0. The monoisotopic (exact) mass is 592 g/mol. The molecule has 1 atom stereocenters. The standard InChI is InChI=1S/C33H32N6O3S/c1-19-24(5-3-7-26(19)32-37-28-17-39(33(41)42)18-29(28)43-32)25-6-4-8-27(20(25)2)36-31-30-22(9-11-34-31)13-21(14-35-30)15-38-12-10-23(40)16-38/h3-9,11,13-14,23,40H,10,12,15-18H2,1-2H3,(H,34,36)(H,41,42)/t23-/m1/s1. The highest BCUT2D eigenvalue weighted by atomic mass is 32.1. The first-order chi connectivity index (χ1) is 20.8. The van der Waals surface area contributed by atoms with E-state index >= 15 is 0 Å². The Labute approximate surface area is 253 Å². The summed E-state index contributed by atoms with van der Waals surface area (Å²) in [6.45, 7) is 7.35. The van der Waals surface area contributed by atoms with Gasteiger partial charge < -0.3 is 15.5 Å². The second-order valence-electron chi connectivity index (χ2n) is 11.4. The van der Waals surface area contributed by atoms with E-state index in [0.29, 0.717) is 25.5 Å². The summed E-state index contributed by atoms with van der Waals surface area (Å²) in [6, 6.07) is 16.7. The molecule has 2 aromatic carbocycles. The maximum Gasteiger partial charge on any atom is 0.407 e. The lowest BCUT2D eigenvalue weighted by Gasteiger charge is -2.17. The van der Waals surface area contributed by atoms with Crippen molar-refractivity contribution in [2.45, 2.75) is 46.0 Å². The highest BCUT2D eigenvalue weighted by Gasteiger charge is 2.28. The summed E-state index contributed by atoms with van der Waals surface area (Å²) >= 11 is 1.58. The van der Waals surface area contributed by atoms with Crippen LogP contribution >= 0.6 is 11.3 Å². The molecule has 3 aromatic heterocycles. The van der Waals surface area contributed by atoms with E-state index in [1.54, 1.807) is 11.3 Å². The lowest BCUT2D eigenvalue weighted by Crippen LogP contribution is -2.22. The average Bonchev–Trinajstić information content (AvgIpc) is 3.70. The van der Waals surface area contributed by atoms with Gasteiger partial charge in [0.1, 0.15) is 10.5 Å². The summed E-state index contributed by atoms with van der Waals surface area (Å²) in [5.41, 5.74) is 9.30. The second kappa shape index (κ2) is 11.0. The summed E-state index contributed by atoms with van der Waals surface area (Å²) in [7, 11) is 0. The summed E-state index contributed by atoms with van der Waals surface area (Å²) in [5, 5.41) is 24.7. The van der Waals surface area contributed by atoms with Gasteiger partial charge in [-0.25, -0.2) is 14.8 Å². The molecule has 0 unspecified atom stereocenters. The molecule has 3 N–H and O–H groups in total. The molecule has 2 aliphatic heterocycles. The smallest absolute Gasteiger partial charge is 0.407 e. The number of anilines is 2. The molecular formula is C33H32N6O3S. The number of fused-ring (bicyclic) bond motifs is 2. The number of likely N-dealkylation sites (tertiary alicyclic amines) is 1. The molecule has 2 aliphatic rings. The predicted molar refractivity (Wildman–Crippen MR) is 168 cm³/mol. The Hall–Kier alpha value is -4.38. The molecule has 9 nitrogen and oxygen atoms in total. The van der Waals surface area contributed by atoms with Crippen LogP contribution in [0.2, 0.25) is 0 Å². The van der Waals surface area contributed by atoms with Gasteiger partial charge in [0.05, 0.1) is 24.9 Å². The fourth-order valence-electron chi connectivity index (χ4n) is 6.14. The van der Waals surface area contributed by atoms with Crippen LogP contribution in [0.5, 0.6) is 0 Å². The SMILES string of the molecule is Cc1c(Nc2nccc3cc(CN4CC[C@@H](O)C4)cnc23)cccc1-c1cccc(-c2nc3c(s2)CN(C(=O)O)C3)c1C. The Balaban J connectivity index is 1.16. The number of rotatable bonds is 6. The molecule has 43 heavy (non-hydrogen) atoms. The molecule has 1 saturated heterocycles. The van der Waals surface area contributed by atoms with Gasteiger partial charge in [-0.05, 0) is 66.3 Å². The van der Waals surface area contributed by atoms with E-state index in [2.05, 4.69) is 71.5 Å². The summed E-state index contributed by atoms with van der Waals surface area (Å²) in [6.07, 6.45) is 3.39. The predicted octanol–water partition coefficient (Wildman–Crippen LogP) is 6.34. The number of amides is 1. The van der Waals surface area contributed by atoms with Crippen LogP contribution in [-0.2, 0) is 19.6 Å². The van der Waals surface area contributed by atoms with Crippen molar-refractivity contribution < 1.29 is 15.0 Å². The molecule has 1 fully saturated rings. The minimum atomic E-state index is -0.910. The van der Waals surface area contributed by atoms with Gasteiger partial charge in [-0.1, -0.05) is 30.3 Å². The fourth-order valence-corrected chi connectivity index (χ4v) is 7.31. The third-order valence-electron chi connectivity index (χ3n) is 8.47. The van der Waals surface area contributed by atoms with E-state index in [9.17, 15) is 15.0 Å². The average molecular weight is 593 g/mol. The minimum absolute atomic E-state index is 0.237. The number of pyridine rings is 2. The van der Waals surface area contributed by atoms with E-state index < -0.39 is 6.09 Å². The first-order valence-electron chi connectivity index (χ1n) is 14.4. The zero-order chi connectivity index (χ0) is 29.7. The number of thiazole rings is 1. The molecule has 1 amide bonds. The van der Waals surface area contributed by atoms with Gasteiger partial charge in [-0.15, -0.1) is 11.3 Å². The maximum absolute atomic E-state index is 11.4. The quantitative estimate of drug-likeness (QED) is 0.209. The van der Waals surface area contributed by atoms with Gasteiger partial charge in [0.15, 0.2) is 5.82 Å². The molecule has 5 heterocycles. The number of aliphatic hydroxyl groups is 1. The van der Waals surface area contributed by atoms with E-state index in [1.807, 2.05) is 18.5 Å². The van der Waals surface area contributed by atoms with Crippen molar-refractivity contribution in [3.05, 3.63) is 88.2 Å². The number of β-amino-alcohol motifs (C(OH)–C–C–N with tert-alkyl or cyclic N) is 1. The number of carbonyl (C=O) groups is 1. The summed E-state index contributed by atoms with van der Waals surface area (Å²) in [5.74, 6) is 0.707. The molecule has 5 aromatic rings. The van der Waals surface area contributed by atoms with Gasteiger partial charge in [-0.3, -0.25) is 14.8 Å². The van der Waals surface area contributed by atoms with Crippen LogP contribution < -0.4 is 5.32 Å². The number of aliphatic hydroxyl groups excluding tert-OH is 1. The molecule has 10 heteroatoms. The van der Waals surface area contributed by atoms with Gasteiger partial charge >= 0.3 is 6.09 Å². The van der Waals surface area contributed by atoms with Crippen molar-refractivity contribution in [3.63, 3.8) is 0 Å². The zero-order valence-corrected chi connectivity index (χ0v) is 24.9. The second-order valence-corrected chi connectivity index (χ2v) is 12.4. The number of hydrogen-bond donors (Lipinski definition) is 3. The number of nitrogens with zero attached hydrogens (tertiary/aromatic N) is 5. The first-order valence-corrected chi connectivity index (χ1v) is 15.2. The lowest BCUT2D eigenvalue weighted by atomic mass is 9.93. The number of benzene rings is 2. The van der Waals surface area contributed by atoms with Crippen molar-refractivity contribution in [2.75, 3.05) is 18.4 Å². The Morgan fingerprint density at radius 2 is 1.84 bits per heavy atom. The van der Waals surface area contributed by atoms with Crippen LogP contribution in [0.4, 0.5) is 16.3 Å². The maximum atomic E-state index is 11.4. The molecule has 0 saturated carbocycles. The van der Waals surface area contributed by atoms with Crippen molar-refractivity contribution >= 4 is 39.8 Å². The zero-order valence-electron chi connectivity index (χ0n) is 24.0. The van der Waals surface area contributed by atoms with Crippen LogP contribution in [0.25, 0.3) is 32.6 Å². The van der Waals surface area contributed by atoms with Crippen LogP contribution in [0, 0.1) is 13.8 Å². The fraction of sp³-hybridized carbons (Fsp3) is 0.273. The van der Waals surface area contributed by atoms with Gasteiger partial charge in [-0.2, -0.15) is 0 Å². The van der Waals surface area contributed by atoms with Gasteiger partial charge in [0.25, 0.3) is 0 Å². The van der Waals surface area contributed by atoms with E-state index in [-0.39, 0.29) is 6.10 Å². The lowest BCUT2D eigenvalue weighted by molar-refractivity contribution is 0.145. The third-order valence-corrected chi connectivity index (χ3v) is 9.59. The molecular weight excluding hydrogens is 560 g/mol. The highest BCUT2D eigenvalue weighted by molar-refractivity contribution is 7.15. The molecule has 0 spiro atoms. The largest absolute Gasteiger partial charge is 0.465 e. The molecule has 218 valence electrons. The molecule has 0 bridgehead atoms. The van der Waals surface area contributed by atoms with Gasteiger partial charge in [0.2, 0.25) is 0 Å². The van der Waals surface area contributed by atoms with Crippen LogP contribution in [0.15, 0.2) is 60.9 Å². The van der Waals surface area contributed by atoms with Crippen LogP contribution in [-0.4, -0.2) is 60.3 Å². The normalized spacial score (nSPS) is 16.6. The van der Waals surface area contributed by atoms with Crippen molar-refractivity contribution in [1.82, 2.24) is 24.8 Å². The highest BCUT2D eigenvalue weighted by Crippen LogP contribution is 2.39. The number of aromatic nitrogens is 3. The van der Waals surface area contributed by atoms with E-state index in [0.717, 1.165) is 85.1 Å². The number of carboxylic acid groups (broad SMARTS) is 1. The van der Waals surface area contributed by atoms with Crippen LogP contribution in [0.3, 0.4) is 0 Å². The molecule has 0 radical (unpaired) electrons. The Bertz CT molecular complexity index is 1850. The first kappa shape index (κ1) is 27.5. The topological polar surface area (TPSA) is 115 Å². The van der Waals surface area contributed by atoms with E-state index in [1.165, 1.54) is 4.90 Å². The Morgan fingerprint density at radius 3 is 2.60 bits per heavy atom. The molecule has 0 aliphatic carbocycles. The Morgan fingerprint density at radius 1 is 1.05 bits per heavy atom. The van der Waals surface area contributed by atoms with Crippen molar-refractivity contribution in [3.8, 4) is 21.7 Å². The third kappa shape index (κ3) is 5.22.